The number of rotatable bonds is 5. The third kappa shape index (κ3) is 4.36. The summed E-state index contributed by atoms with van der Waals surface area (Å²) in [5, 5.41) is 0. The summed E-state index contributed by atoms with van der Waals surface area (Å²) < 4.78 is 5.20. The van der Waals surface area contributed by atoms with E-state index in [9.17, 15) is 0 Å². The molecule has 0 spiro atoms. The highest BCUT2D eigenvalue weighted by molar-refractivity contribution is 5.45. The molecule has 0 saturated carbocycles. The van der Waals surface area contributed by atoms with Crippen LogP contribution in [0.1, 0.15) is 11.3 Å². The van der Waals surface area contributed by atoms with Gasteiger partial charge in [-0.1, -0.05) is 0 Å². The Morgan fingerprint density at radius 2 is 1.88 bits per heavy atom. The summed E-state index contributed by atoms with van der Waals surface area (Å²) in [4.78, 5) is 20.1. The molecule has 1 saturated heterocycles. The Bertz CT molecular complexity index is 712. The van der Waals surface area contributed by atoms with Crippen LogP contribution < -0.4 is 14.5 Å². The Labute approximate surface area is 149 Å². The SMILES string of the molecule is COc1cc(CN2CCN(c3cc(C)nc(N(C)C)n3)CC2)ccn1. The van der Waals surface area contributed by atoms with Gasteiger partial charge in [0.05, 0.1) is 7.11 Å². The summed E-state index contributed by atoms with van der Waals surface area (Å²) in [7, 11) is 5.59. The van der Waals surface area contributed by atoms with Gasteiger partial charge in [-0.05, 0) is 18.6 Å². The van der Waals surface area contributed by atoms with Gasteiger partial charge in [-0.25, -0.2) is 9.97 Å². The van der Waals surface area contributed by atoms with Crippen LogP contribution in [0.4, 0.5) is 11.8 Å². The van der Waals surface area contributed by atoms with Crippen molar-refractivity contribution >= 4 is 11.8 Å². The molecular formula is C18H26N6O. The van der Waals surface area contributed by atoms with Gasteiger partial charge in [-0.3, -0.25) is 4.90 Å². The van der Waals surface area contributed by atoms with Crippen molar-refractivity contribution < 1.29 is 4.74 Å². The highest BCUT2D eigenvalue weighted by Gasteiger charge is 2.19. The zero-order valence-corrected chi connectivity index (χ0v) is 15.4. The summed E-state index contributed by atoms with van der Waals surface area (Å²) in [5.41, 5.74) is 2.23. The molecule has 0 bridgehead atoms. The van der Waals surface area contributed by atoms with Crippen molar-refractivity contribution in [1.82, 2.24) is 19.9 Å². The molecule has 0 unspecified atom stereocenters. The van der Waals surface area contributed by atoms with E-state index in [1.807, 2.05) is 38.1 Å². The third-order valence-corrected chi connectivity index (χ3v) is 4.34. The highest BCUT2D eigenvalue weighted by Crippen LogP contribution is 2.19. The van der Waals surface area contributed by atoms with Crippen LogP contribution in [0.5, 0.6) is 5.88 Å². The minimum atomic E-state index is 0.670. The molecule has 3 rings (SSSR count). The van der Waals surface area contributed by atoms with Gasteiger partial charge in [-0.15, -0.1) is 0 Å². The largest absolute Gasteiger partial charge is 0.481 e. The maximum atomic E-state index is 5.20. The van der Waals surface area contributed by atoms with Crippen LogP contribution in [0, 0.1) is 6.92 Å². The first-order chi connectivity index (χ1) is 12.0. The molecule has 25 heavy (non-hydrogen) atoms. The summed E-state index contributed by atoms with van der Waals surface area (Å²) in [6.07, 6.45) is 1.80. The van der Waals surface area contributed by atoms with Crippen LogP contribution in [-0.4, -0.2) is 67.2 Å². The molecule has 0 amide bonds. The summed E-state index contributed by atoms with van der Waals surface area (Å²) in [6, 6.07) is 6.12. The number of nitrogens with zero attached hydrogens (tertiary/aromatic N) is 6. The van der Waals surface area contributed by atoms with Gasteiger partial charge < -0.3 is 14.5 Å². The lowest BCUT2D eigenvalue weighted by molar-refractivity contribution is 0.249. The van der Waals surface area contributed by atoms with Crippen molar-refractivity contribution in [2.45, 2.75) is 13.5 Å². The molecule has 0 radical (unpaired) electrons. The van der Waals surface area contributed by atoms with Crippen LogP contribution in [0.2, 0.25) is 0 Å². The Balaban J connectivity index is 1.62. The second-order valence-corrected chi connectivity index (χ2v) is 6.53. The van der Waals surface area contributed by atoms with Gasteiger partial charge in [-0.2, -0.15) is 4.98 Å². The molecule has 7 nitrogen and oxygen atoms in total. The van der Waals surface area contributed by atoms with Crippen molar-refractivity contribution in [3.05, 3.63) is 35.7 Å². The Kier molecular flexibility index (Phi) is 5.33. The predicted molar refractivity (Wildman–Crippen MR) is 99.4 cm³/mol. The molecule has 1 aliphatic rings. The quantitative estimate of drug-likeness (QED) is 0.817. The van der Waals surface area contributed by atoms with E-state index in [1.165, 1.54) is 5.56 Å². The average Bonchev–Trinajstić information content (AvgIpc) is 2.62. The fourth-order valence-corrected chi connectivity index (χ4v) is 2.95. The van der Waals surface area contributed by atoms with Crippen LogP contribution in [-0.2, 0) is 6.54 Å². The zero-order chi connectivity index (χ0) is 17.8. The number of aromatic nitrogens is 3. The third-order valence-electron chi connectivity index (χ3n) is 4.34. The van der Waals surface area contributed by atoms with Crippen molar-refractivity contribution in [2.24, 2.45) is 0 Å². The molecule has 0 aliphatic carbocycles. The molecule has 2 aromatic rings. The average molecular weight is 342 g/mol. The minimum Gasteiger partial charge on any atom is -0.481 e. The minimum absolute atomic E-state index is 0.670. The van der Waals surface area contributed by atoms with Crippen molar-refractivity contribution in [1.29, 1.82) is 0 Å². The predicted octanol–water partition coefficient (Wildman–Crippen LogP) is 1.58. The van der Waals surface area contributed by atoms with E-state index in [0.29, 0.717) is 5.88 Å². The number of methoxy groups -OCH3 is 1. The molecule has 3 heterocycles. The smallest absolute Gasteiger partial charge is 0.226 e. The van der Waals surface area contributed by atoms with E-state index in [4.69, 9.17) is 4.74 Å². The Morgan fingerprint density at radius 1 is 1.12 bits per heavy atom. The van der Waals surface area contributed by atoms with Gasteiger partial charge in [0.15, 0.2) is 0 Å². The molecule has 0 aromatic carbocycles. The van der Waals surface area contributed by atoms with Gasteiger partial charge in [0.1, 0.15) is 5.82 Å². The standard InChI is InChI=1S/C18H26N6O/c1-14-11-16(21-18(20-14)22(2)3)24-9-7-23(8-10-24)13-15-5-6-19-17(12-15)25-4/h5-6,11-12H,7-10,13H2,1-4H3. The number of pyridine rings is 1. The first-order valence-corrected chi connectivity index (χ1v) is 8.54. The normalized spacial score (nSPS) is 15.3. The lowest BCUT2D eigenvalue weighted by Gasteiger charge is -2.35. The van der Waals surface area contributed by atoms with Crippen LogP contribution >= 0.6 is 0 Å². The molecule has 0 N–H and O–H groups in total. The number of anilines is 2. The first-order valence-electron chi connectivity index (χ1n) is 8.54. The molecule has 1 aliphatic heterocycles. The monoisotopic (exact) mass is 342 g/mol. The van der Waals surface area contributed by atoms with Gasteiger partial charge >= 0.3 is 0 Å². The maximum absolute atomic E-state index is 5.20. The molecule has 7 heteroatoms. The van der Waals surface area contributed by atoms with Gasteiger partial charge in [0.25, 0.3) is 0 Å². The summed E-state index contributed by atoms with van der Waals surface area (Å²) in [6.45, 7) is 6.87. The van der Waals surface area contributed by atoms with E-state index in [1.54, 1.807) is 13.3 Å². The number of aryl methyl sites for hydroxylation is 1. The lowest BCUT2D eigenvalue weighted by Crippen LogP contribution is -2.46. The Morgan fingerprint density at radius 3 is 2.56 bits per heavy atom. The van der Waals surface area contributed by atoms with E-state index in [0.717, 1.165) is 50.2 Å². The van der Waals surface area contributed by atoms with E-state index in [-0.39, 0.29) is 0 Å². The molecule has 0 atom stereocenters. The van der Waals surface area contributed by atoms with E-state index < -0.39 is 0 Å². The lowest BCUT2D eigenvalue weighted by atomic mass is 10.2. The van der Waals surface area contributed by atoms with E-state index in [2.05, 4.69) is 30.8 Å². The van der Waals surface area contributed by atoms with Crippen LogP contribution in [0.15, 0.2) is 24.4 Å². The topological polar surface area (TPSA) is 57.6 Å². The summed E-state index contributed by atoms with van der Waals surface area (Å²) in [5.74, 6) is 2.45. The number of hydrogen-bond acceptors (Lipinski definition) is 7. The maximum Gasteiger partial charge on any atom is 0.226 e. The van der Waals surface area contributed by atoms with Crippen molar-refractivity contribution in [2.75, 3.05) is 57.2 Å². The second kappa shape index (κ2) is 7.65. The van der Waals surface area contributed by atoms with Crippen LogP contribution in [0.25, 0.3) is 0 Å². The number of hydrogen-bond donors (Lipinski definition) is 0. The second-order valence-electron chi connectivity index (χ2n) is 6.53. The zero-order valence-electron chi connectivity index (χ0n) is 15.4. The molecule has 134 valence electrons. The van der Waals surface area contributed by atoms with Crippen molar-refractivity contribution in [3.8, 4) is 5.88 Å². The van der Waals surface area contributed by atoms with Gasteiger partial charge in [0, 0.05) is 70.8 Å². The number of piperazine rings is 1. The van der Waals surface area contributed by atoms with E-state index >= 15 is 0 Å². The summed E-state index contributed by atoms with van der Waals surface area (Å²) >= 11 is 0. The van der Waals surface area contributed by atoms with Crippen LogP contribution in [0.3, 0.4) is 0 Å². The molecule has 1 fully saturated rings. The fourth-order valence-electron chi connectivity index (χ4n) is 2.95. The van der Waals surface area contributed by atoms with Gasteiger partial charge in [0.2, 0.25) is 11.8 Å². The highest BCUT2D eigenvalue weighted by atomic mass is 16.5. The number of ether oxygens (including phenoxy) is 1. The molecular weight excluding hydrogens is 316 g/mol. The fraction of sp³-hybridized carbons (Fsp3) is 0.500. The first kappa shape index (κ1) is 17.4. The molecule has 2 aromatic heterocycles. The Hall–Kier alpha value is -2.41. The van der Waals surface area contributed by atoms with Crippen molar-refractivity contribution in [3.63, 3.8) is 0 Å².